The zero-order valence-corrected chi connectivity index (χ0v) is 16.5. The fourth-order valence-electron chi connectivity index (χ4n) is 2.55. The summed E-state index contributed by atoms with van der Waals surface area (Å²) in [6, 6.07) is 9.35. The summed E-state index contributed by atoms with van der Waals surface area (Å²) < 4.78 is 5.13. The fraction of sp³-hybridized carbons (Fsp3) is 0.450. The van der Waals surface area contributed by atoms with Crippen LogP contribution in [0.25, 0.3) is 0 Å². The van der Waals surface area contributed by atoms with Gasteiger partial charge in [0.2, 0.25) is 5.95 Å². The van der Waals surface area contributed by atoms with Crippen molar-refractivity contribution in [2.45, 2.75) is 39.7 Å². The monoisotopic (exact) mass is 371 g/mol. The number of aryl methyl sites for hydroxylation is 1. The maximum absolute atomic E-state index is 12.9. The first-order valence-electron chi connectivity index (χ1n) is 9.28. The van der Waals surface area contributed by atoms with Crippen molar-refractivity contribution in [1.29, 1.82) is 0 Å². The molecule has 0 spiro atoms. The quantitative estimate of drug-likeness (QED) is 0.654. The van der Waals surface area contributed by atoms with Crippen molar-refractivity contribution in [3.8, 4) is 0 Å². The molecule has 0 aliphatic heterocycles. The molecule has 0 radical (unpaired) electrons. The van der Waals surface area contributed by atoms with Gasteiger partial charge in [-0.25, -0.2) is 14.7 Å². The normalized spacial score (nSPS) is 11.7. The number of anilines is 3. The zero-order valence-electron chi connectivity index (χ0n) is 16.5. The molecule has 0 bridgehead atoms. The summed E-state index contributed by atoms with van der Waals surface area (Å²) in [5.41, 5.74) is 1.88. The molecule has 7 heteroatoms. The van der Waals surface area contributed by atoms with E-state index in [2.05, 4.69) is 27.5 Å². The Morgan fingerprint density at radius 2 is 2.00 bits per heavy atom. The van der Waals surface area contributed by atoms with Gasteiger partial charge < -0.3 is 15.4 Å². The zero-order chi connectivity index (χ0) is 19.6. The van der Waals surface area contributed by atoms with E-state index in [1.807, 2.05) is 38.1 Å². The Kier molecular flexibility index (Phi) is 8.00. The molecule has 1 unspecified atom stereocenters. The van der Waals surface area contributed by atoms with Crippen LogP contribution in [0.5, 0.6) is 0 Å². The van der Waals surface area contributed by atoms with Crippen molar-refractivity contribution in [1.82, 2.24) is 15.3 Å². The molecule has 27 heavy (non-hydrogen) atoms. The van der Waals surface area contributed by atoms with Gasteiger partial charge in [-0.3, -0.25) is 0 Å². The topological polar surface area (TPSA) is 79.4 Å². The molecule has 146 valence electrons. The number of methoxy groups -OCH3 is 1. The summed E-state index contributed by atoms with van der Waals surface area (Å²) in [6.07, 6.45) is 3.59. The van der Waals surface area contributed by atoms with Gasteiger partial charge in [0.1, 0.15) is 5.82 Å². The molecule has 2 rings (SSSR count). The molecule has 1 aromatic heterocycles. The van der Waals surface area contributed by atoms with Gasteiger partial charge in [0.15, 0.2) is 0 Å². The number of benzene rings is 1. The molecule has 2 N–H and O–H groups in total. The Balaban J connectivity index is 2.29. The summed E-state index contributed by atoms with van der Waals surface area (Å²) in [5, 5.41) is 6.15. The summed E-state index contributed by atoms with van der Waals surface area (Å²) in [4.78, 5) is 23.2. The van der Waals surface area contributed by atoms with E-state index in [-0.39, 0.29) is 12.1 Å². The molecular formula is C20H29N5O2. The number of carbonyl (C=O) groups is 1. The first-order chi connectivity index (χ1) is 13.0. The number of aromatic nitrogens is 2. The van der Waals surface area contributed by atoms with Gasteiger partial charge in [0, 0.05) is 32.0 Å². The predicted molar refractivity (Wildman–Crippen MR) is 109 cm³/mol. The number of amides is 2. The minimum atomic E-state index is -0.207. The summed E-state index contributed by atoms with van der Waals surface area (Å²) in [7, 11) is 1.65. The van der Waals surface area contributed by atoms with E-state index in [0.29, 0.717) is 24.9 Å². The van der Waals surface area contributed by atoms with Gasteiger partial charge in [-0.05, 0) is 32.4 Å². The molecule has 1 aromatic carbocycles. The lowest BCUT2D eigenvalue weighted by Crippen LogP contribution is -2.38. The van der Waals surface area contributed by atoms with Crippen LogP contribution in [-0.4, -0.2) is 42.3 Å². The average Bonchev–Trinajstić information content (AvgIpc) is 2.64. The third kappa shape index (κ3) is 6.21. The molecule has 0 saturated heterocycles. The number of carbonyl (C=O) groups excluding carboxylic acids is 1. The van der Waals surface area contributed by atoms with Crippen LogP contribution < -0.4 is 15.5 Å². The molecule has 2 aromatic rings. The van der Waals surface area contributed by atoms with Crippen LogP contribution in [0.15, 0.2) is 36.5 Å². The second-order valence-electron chi connectivity index (χ2n) is 6.50. The van der Waals surface area contributed by atoms with Crippen LogP contribution in [0.3, 0.4) is 0 Å². The van der Waals surface area contributed by atoms with Gasteiger partial charge in [0.05, 0.1) is 12.3 Å². The number of nitrogens with zero attached hydrogens (tertiary/aromatic N) is 3. The van der Waals surface area contributed by atoms with Crippen molar-refractivity contribution < 1.29 is 9.53 Å². The first-order valence-corrected chi connectivity index (χ1v) is 9.28. The SMILES string of the molecule is CCCCNC(=O)N(c1ccc(C)cc1)c1ccnc(NC(C)COC)n1. The fourth-order valence-corrected chi connectivity index (χ4v) is 2.55. The highest BCUT2D eigenvalue weighted by atomic mass is 16.5. The van der Waals surface area contributed by atoms with Gasteiger partial charge in [-0.1, -0.05) is 31.0 Å². The smallest absolute Gasteiger partial charge is 0.327 e. The number of urea groups is 1. The van der Waals surface area contributed by atoms with Crippen LogP contribution in [0, 0.1) is 6.92 Å². The van der Waals surface area contributed by atoms with E-state index in [9.17, 15) is 4.79 Å². The van der Waals surface area contributed by atoms with E-state index in [1.165, 1.54) is 0 Å². The Labute approximate surface area is 161 Å². The lowest BCUT2D eigenvalue weighted by Gasteiger charge is -2.23. The van der Waals surface area contributed by atoms with Crippen molar-refractivity contribution in [2.24, 2.45) is 0 Å². The summed E-state index contributed by atoms with van der Waals surface area (Å²) in [5.74, 6) is 0.963. The molecule has 7 nitrogen and oxygen atoms in total. The van der Waals surface area contributed by atoms with Gasteiger partial charge in [-0.15, -0.1) is 0 Å². The first kappa shape index (κ1) is 20.6. The van der Waals surface area contributed by atoms with Crippen LogP contribution in [0.2, 0.25) is 0 Å². The van der Waals surface area contributed by atoms with Crippen LogP contribution >= 0.6 is 0 Å². The van der Waals surface area contributed by atoms with Crippen LogP contribution in [0.4, 0.5) is 22.2 Å². The minimum Gasteiger partial charge on any atom is -0.383 e. The third-order valence-electron chi connectivity index (χ3n) is 3.96. The van der Waals surface area contributed by atoms with Crippen molar-refractivity contribution >= 4 is 23.5 Å². The van der Waals surface area contributed by atoms with Gasteiger partial charge >= 0.3 is 6.03 Å². The second kappa shape index (κ2) is 10.5. The molecular weight excluding hydrogens is 342 g/mol. The number of unbranched alkanes of at least 4 members (excludes halogenated alkanes) is 1. The van der Waals surface area contributed by atoms with E-state index in [4.69, 9.17) is 4.74 Å². The summed E-state index contributed by atoms with van der Waals surface area (Å²) >= 11 is 0. The van der Waals surface area contributed by atoms with Gasteiger partial charge in [-0.2, -0.15) is 4.98 Å². The number of nitrogens with one attached hydrogen (secondary N) is 2. The van der Waals surface area contributed by atoms with Gasteiger partial charge in [0.25, 0.3) is 0 Å². The Morgan fingerprint density at radius 3 is 2.67 bits per heavy atom. The highest BCUT2D eigenvalue weighted by Crippen LogP contribution is 2.25. The largest absolute Gasteiger partial charge is 0.383 e. The Morgan fingerprint density at radius 1 is 1.26 bits per heavy atom. The predicted octanol–water partition coefficient (Wildman–Crippen LogP) is 3.88. The van der Waals surface area contributed by atoms with Crippen molar-refractivity contribution in [3.05, 3.63) is 42.1 Å². The molecule has 0 aliphatic rings. The second-order valence-corrected chi connectivity index (χ2v) is 6.50. The lowest BCUT2D eigenvalue weighted by molar-refractivity contribution is 0.190. The summed E-state index contributed by atoms with van der Waals surface area (Å²) in [6.45, 7) is 7.24. The lowest BCUT2D eigenvalue weighted by atomic mass is 10.2. The van der Waals surface area contributed by atoms with E-state index in [0.717, 1.165) is 24.1 Å². The van der Waals surface area contributed by atoms with Crippen molar-refractivity contribution in [2.75, 3.05) is 30.5 Å². The number of hydrogen-bond acceptors (Lipinski definition) is 5. The maximum atomic E-state index is 12.9. The molecule has 0 fully saturated rings. The maximum Gasteiger partial charge on any atom is 0.327 e. The molecule has 2 amide bonds. The molecule has 0 saturated carbocycles. The third-order valence-corrected chi connectivity index (χ3v) is 3.96. The van der Waals surface area contributed by atoms with E-state index < -0.39 is 0 Å². The molecule has 1 atom stereocenters. The van der Waals surface area contributed by atoms with E-state index in [1.54, 1.807) is 24.3 Å². The standard InChI is InChI=1S/C20H29N5O2/c1-5-6-12-22-20(26)25(17-9-7-15(2)8-10-17)18-11-13-21-19(24-18)23-16(3)14-27-4/h7-11,13,16H,5-6,12,14H2,1-4H3,(H,22,26)(H,21,23,24). The molecule has 1 heterocycles. The minimum absolute atomic E-state index is 0.0523. The average molecular weight is 371 g/mol. The highest BCUT2D eigenvalue weighted by Gasteiger charge is 2.20. The van der Waals surface area contributed by atoms with Crippen molar-refractivity contribution in [3.63, 3.8) is 0 Å². The molecule has 0 aliphatic carbocycles. The van der Waals surface area contributed by atoms with E-state index >= 15 is 0 Å². The highest BCUT2D eigenvalue weighted by molar-refractivity contribution is 5.98. The Hall–Kier alpha value is -2.67. The van der Waals surface area contributed by atoms with Crippen LogP contribution in [-0.2, 0) is 4.74 Å². The van der Waals surface area contributed by atoms with Crippen LogP contribution in [0.1, 0.15) is 32.3 Å². The number of hydrogen-bond donors (Lipinski definition) is 2. The number of ether oxygens (including phenoxy) is 1. The number of rotatable bonds is 9. The Bertz CT molecular complexity index is 721.